The monoisotopic (exact) mass is 1050 g/mol. The molecule has 2 amide bonds. The van der Waals surface area contributed by atoms with Gasteiger partial charge in [-0.3, -0.25) is 9.59 Å². The molecule has 0 bridgehead atoms. The summed E-state index contributed by atoms with van der Waals surface area (Å²) in [5.41, 5.74) is 2.33. The Hall–Kier alpha value is -5.61. The normalized spacial score (nSPS) is 15.9. The quantitative estimate of drug-likeness (QED) is 0.0803. The molecule has 0 saturated carbocycles. The van der Waals surface area contributed by atoms with E-state index in [1.807, 2.05) is 0 Å². The fourth-order valence-electron chi connectivity index (χ4n) is 6.94. The van der Waals surface area contributed by atoms with Gasteiger partial charge in [-0.05, 0) is 99.5 Å². The van der Waals surface area contributed by atoms with Crippen molar-refractivity contribution in [2.45, 2.75) is 49.6 Å². The maximum absolute atomic E-state index is 13.5. The van der Waals surface area contributed by atoms with Crippen LogP contribution in [0.2, 0.25) is 10.0 Å². The summed E-state index contributed by atoms with van der Waals surface area (Å²) in [7, 11) is -10.3. The van der Waals surface area contributed by atoms with Crippen molar-refractivity contribution in [3.8, 4) is 0 Å². The molecule has 1 aromatic heterocycles. The zero-order valence-corrected chi connectivity index (χ0v) is 45.4. The van der Waals surface area contributed by atoms with E-state index in [-0.39, 0.29) is 110 Å². The predicted octanol–water partition coefficient (Wildman–Crippen LogP) is 2.59. The summed E-state index contributed by atoms with van der Waals surface area (Å²) in [6, 6.07) is 23.1. The van der Waals surface area contributed by atoms with Crippen LogP contribution in [-0.4, -0.2) is 76.2 Å². The second kappa shape index (κ2) is 22.4. The maximum atomic E-state index is 13.5. The van der Waals surface area contributed by atoms with Crippen LogP contribution in [0, 0.1) is 13.8 Å². The first-order valence-corrected chi connectivity index (χ1v) is 23.7. The minimum atomic E-state index is -5.13. The van der Waals surface area contributed by atoms with Gasteiger partial charge in [0.2, 0.25) is 17.8 Å². The molecule has 0 spiro atoms. The standard InChI is InChI=1S/C43H36Cl2N14O8S2.2Na/c1-22-10-8-14-29(44)37(22)58-39(60)35(24(3)56-58)54-52-31-20-27(16-18-33(31)68(62,63)64)47-42-49-41(46-26-12-6-5-7-13-26)50-43(51-42)48-28-17-19-34(69(65,66)67)32(21-28)53-55-36-25(4)57-59(40(36)61)38-23(2)11-9-15-30(38)45;;/h5-21,35-36H,1-4H3,(H,62,63,64)(H,65,66,67)(H3,46,47,48,49,50,51);;/q;2*+1/p-2. The second-order valence-corrected chi connectivity index (χ2v) is 18.7. The molecule has 0 aliphatic carbocycles. The van der Waals surface area contributed by atoms with Crippen molar-refractivity contribution in [2.24, 2.45) is 30.7 Å². The number of azo groups is 2. The predicted molar refractivity (Wildman–Crippen MR) is 255 cm³/mol. The molecule has 71 heavy (non-hydrogen) atoms. The van der Waals surface area contributed by atoms with Crippen molar-refractivity contribution in [1.82, 2.24) is 15.0 Å². The molecule has 22 nitrogen and oxygen atoms in total. The fraction of sp³-hybridized carbons (Fsp3) is 0.140. The number of aryl methyl sites for hydroxylation is 2. The van der Waals surface area contributed by atoms with Crippen molar-refractivity contribution in [3.05, 3.63) is 124 Å². The van der Waals surface area contributed by atoms with E-state index in [2.05, 4.69) is 61.6 Å². The number of hydrogen-bond donors (Lipinski definition) is 3. The second-order valence-electron chi connectivity index (χ2n) is 15.2. The zero-order chi connectivity index (χ0) is 49.4. The zero-order valence-electron chi connectivity index (χ0n) is 38.2. The third kappa shape index (κ3) is 12.4. The Labute approximate surface area is 460 Å². The Morgan fingerprint density at radius 1 is 0.535 bits per heavy atom. The third-order valence-corrected chi connectivity index (χ3v) is 12.6. The average molecular weight is 1060 g/mol. The van der Waals surface area contributed by atoms with E-state index in [9.17, 15) is 35.5 Å². The van der Waals surface area contributed by atoms with Crippen molar-refractivity contribution in [1.29, 1.82) is 0 Å². The number of carbonyl (C=O) groups excluding carboxylic acids is 2. The summed E-state index contributed by atoms with van der Waals surface area (Å²) in [6.45, 7) is 6.54. The molecule has 3 N–H and O–H groups in total. The average Bonchev–Trinajstić information content (AvgIpc) is 3.71. The van der Waals surface area contributed by atoms with Gasteiger partial charge in [0.1, 0.15) is 31.6 Å². The summed E-state index contributed by atoms with van der Waals surface area (Å²) >= 11 is 12.8. The number of hydrogen-bond acceptors (Lipinski definition) is 20. The molecule has 2 aliphatic rings. The number of nitrogens with zero attached hydrogens (tertiary/aromatic N) is 11. The number of halogens is 2. The van der Waals surface area contributed by atoms with E-state index in [0.717, 1.165) is 22.2 Å². The van der Waals surface area contributed by atoms with E-state index < -0.39 is 65.3 Å². The topological polar surface area (TPSA) is 304 Å². The number of carbonyl (C=O) groups is 2. The number of benzene rings is 5. The van der Waals surface area contributed by atoms with E-state index in [4.69, 9.17) is 23.2 Å². The Morgan fingerprint density at radius 3 is 1.28 bits per heavy atom. The first-order chi connectivity index (χ1) is 32.7. The Balaban J connectivity index is 0.00000413. The molecule has 2 unspecified atom stereocenters. The SMILES string of the molecule is CC1=NN(c2c(C)cccc2Cl)C(=O)C1N=Nc1cc(Nc2nc(Nc3ccccc3)nc(Nc3ccc(S(=O)(=O)[O-])c(N=NC4C(=O)N(c5c(C)cccc5Cl)N=C4C)c3)n2)ccc1S(=O)(=O)[O-].[Na+].[Na+]. The molecular formula is C43H34Cl2N14Na2O8S2. The molecule has 8 rings (SSSR count). The molecule has 2 atom stereocenters. The van der Waals surface area contributed by atoms with Gasteiger partial charge < -0.3 is 25.1 Å². The van der Waals surface area contributed by atoms with Crippen LogP contribution in [0.25, 0.3) is 0 Å². The minimum absolute atomic E-state index is 0. The smallest absolute Gasteiger partial charge is 0.744 e. The van der Waals surface area contributed by atoms with Gasteiger partial charge in [0.05, 0.1) is 42.6 Å². The Kier molecular flexibility index (Phi) is 17.3. The number of para-hydroxylation sites is 3. The number of hydrazone groups is 2. The van der Waals surface area contributed by atoms with Crippen LogP contribution < -0.4 is 85.1 Å². The number of anilines is 8. The molecule has 2 aliphatic heterocycles. The third-order valence-electron chi connectivity index (χ3n) is 10.2. The van der Waals surface area contributed by atoms with Crippen LogP contribution in [0.5, 0.6) is 0 Å². The van der Waals surface area contributed by atoms with E-state index in [1.165, 1.54) is 38.1 Å². The maximum Gasteiger partial charge on any atom is 1.00 e. The van der Waals surface area contributed by atoms with Gasteiger partial charge in [0, 0.05) is 17.1 Å². The molecule has 0 fully saturated rings. The first kappa shape index (κ1) is 54.7. The number of aromatic nitrogens is 3. The molecule has 0 saturated heterocycles. The summed E-state index contributed by atoms with van der Waals surface area (Å²) in [4.78, 5) is 38.8. The summed E-state index contributed by atoms with van der Waals surface area (Å²) < 4.78 is 74.3. The van der Waals surface area contributed by atoms with Gasteiger partial charge in [0.15, 0.2) is 12.1 Å². The van der Waals surface area contributed by atoms with Gasteiger partial charge in [-0.25, -0.2) is 16.8 Å². The Bertz CT molecular complexity index is 3210. The van der Waals surface area contributed by atoms with Gasteiger partial charge in [0.25, 0.3) is 11.8 Å². The molecule has 5 aromatic carbocycles. The van der Waals surface area contributed by atoms with Gasteiger partial charge >= 0.3 is 59.1 Å². The minimum Gasteiger partial charge on any atom is -0.744 e. The molecule has 6 aromatic rings. The van der Waals surface area contributed by atoms with Crippen LogP contribution in [0.4, 0.5) is 57.7 Å². The Morgan fingerprint density at radius 2 is 0.915 bits per heavy atom. The number of nitrogens with one attached hydrogen (secondary N) is 3. The summed E-state index contributed by atoms with van der Waals surface area (Å²) in [5, 5.41) is 36.4. The molecule has 352 valence electrons. The van der Waals surface area contributed by atoms with Gasteiger partial charge in [-0.15, -0.1) is 0 Å². The largest absolute Gasteiger partial charge is 1.00 e. The molecular weight excluding hydrogens is 1020 g/mol. The molecule has 0 radical (unpaired) electrons. The van der Waals surface area contributed by atoms with Crippen molar-refractivity contribution < 1.29 is 94.6 Å². The van der Waals surface area contributed by atoms with Crippen molar-refractivity contribution in [2.75, 3.05) is 26.0 Å². The van der Waals surface area contributed by atoms with E-state index >= 15 is 0 Å². The van der Waals surface area contributed by atoms with E-state index in [1.54, 1.807) is 80.6 Å². The van der Waals surface area contributed by atoms with Crippen LogP contribution in [0.15, 0.2) is 144 Å². The van der Waals surface area contributed by atoms with Crippen molar-refractivity contribution in [3.63, 3.8) is 0 Å². The van der Waals surface area contributed by atoms with Crippen LogP contribution >= 0.6 is 23.2 Å². The number of rotatable bonds is 14. The van der Waals surface area contributed by atoms with Crippen molar-refractivity contribution >= 4 is 124 Å². The fourth-order valence-corrected chi connectivity index (χ4v) is 8.73. The number of amides is 2. The van der Waals surface area contributed by atoms with Gasteiger partial charge in [-0.2, -0.15) is 55.6 Å². The van der Waals surface area contributed by atoms with Crippen LogP contribution in [-0.2, 0) is 29.8 Å². The first-order valence-electron chi connectivity index (χ1n) is 20.2. The van der Waals surface area contributed by atoms with Crippen LogP contribution in [0.1, 0.15) is 25.0 Å². The molecule has 3 heterocycles. The van der Waals surface area contributed by atoms with Crippen LogP contribution in [0.3, 0.4) is 0 Å². The molecule has 28 heteroatoms. The van der Waals surface area contributed by atoms with Gasteiger partial charge in [-0.1, -0.05) is 65.7 Å². The van der Waals surface area contributed by atoms with E-state index in [0.29, 0.717) is 28.2 Å². The summed E-state index contributed by atoms with van der Waals surface area (Å²) in [5.74, 6) is -1.59. The summed E-state index contributed by atoms with van der Waals surface area (Å²) in [6.07, 6.45) is 0.